The third-order valence-electron chi connectivity index (χ3n) is 22.3. The zero-order valence-electron chi connectivity index (χ0n) is 71.2. The molecule has 0 bridgehead atoms. The number of fused-ring (bicyclic) bond motifs is 5. The predicted molar refractivity (Wildman–Crippen MR) is 502 cm³/mol. The topological polar surface area (TPSA) is 244 Å². The quantitative estimate of drug-likeness (QED) is 0.0523. The number of ether oxygens (including phenoxy) is 2. The predicted octanol–water partition coefficient (Wildman–Crippen LogP) is 24.2. The normalized spacial score (nSPS) is 12.1. The Labute approximate surface area is 739 Å². The number of alkyl halides is 6. The minimum Gasteiger partial charge on any atom is -0.494 e. The molecule has 5 amide bonds. The van der Waals surface area contributed by atoms with Crippen LogP contribution in [0.25, 0.3) is 98.5 Å². The summed E-state index contributed by atoms with van der Waals surface area (Å²) in [5.41, 5.74) is 20.9. The molecule has 646 valence electrons. The molecule has 6 heterocycles. The van der Waals surface area contributed by atoms with E-state index in [9.17, 15) is 45.5 Å². The van der Waals surface area contributed by atoms with Crippen LogP contribution in [0.3, 0.4) is 0 Å². The molecule has 0 atom stereocenters. The molecule has 12 aromatic carbocycles. The lowest BCUT2D eigenvalue weighted by molar-refractivity contribution is -0.138. The number of likely N-dealkylation sites (N-methyl/N-ethyl adjacent to an activating group) is 1. The third kappa shape index (κ3) is 21.1. The highest BCUT2D eigenvalue weighted by atomic mass is 19.4. The number of methoxy groups -OCH3 is 2. The Morgan fingerprint density at radius 1 is 0.364 bits per heavy atom. The number of aryl methyl sites for hydroxylation is 4. The molecule has 0 unspecified atom stereocenters. The van der Waals surface area contributed by atoms with Crippen molar-refractivity contribution in [1.82, 2.24) is 29.8 Å². The summed E-state index contributed by atoms with van der Waals surface area (Å²) in [7, 11) is 5.09. The van der Waals surface area contributed by atoms with Gasteiger partial charge in [-0.25, -0.2) is 9.78 Å². The smallest absolute Gasteiger partial charge is 0.416 e. The number of amides is 5. The number of rotatable bonds is 15. The fourth-order valence-corrected chi connectivity index (χ4v) is 15.3. The van der Waals surface area contributed by atoms with Gasteiger partial charge in [0, 0.05) is 137 Å². The number of halogens is 6. The third-order valence-corrected chi connectivity index (χ3v) is 22.3. The number of hydrogen-bond acceptors (Lipinski definition) is 14. The molecule has 1 saturated heterocycles. The molecular formula is C104H87F6N13O6. The van der Waals surface area contributed by atoms with Gasteiger partial charge in [-0.1, -0.05) is 103 Å². The molecule has 1 aliphatic rings. The Bertz CT molecular complexity index is 7080. The van der Waals surface area contributed by atoms with E-state index in [-0.39, 0.29) is 23.1 Å². The van der Waals surface area contributed by atoms with E-state index in [4.69, 9.17) is 15.2 Å². The standard InChI is InChI=1S/C29H27F3N4O.C26H19N3O.C25H23N3O3.C24H18F3N3O/c1-19-3-7-24(17-25(19)21-5-4-20-9-10-33-18-22(20)15-21)34-28(37)26-16-23(29(30,31)32)6-8-27(26)36-13-11-35(2)12-14-36;1-17-7-10-22(15-24(17)20-9-8-18-11-13-27-16-21(18)14-20)29-26(30)23-6-2-4-19-5-3-12-28-25(19)23;1-16-7-10-20(14-21(16)18-9-8-17-11-12-26-15-19(17)13-18)27-25(29)28-24-22(30-2)5-4-6-23(24)31-3;1-14-5-8-20(30-23(31)17-3-2-4-19(10-17)24(25,26)27)12-21(14)16-7-6-15-11-22(28)29-13-18(15)9-16/h3-10,15-18H,11-14H2,1-2H3,(H,34,37);2-16H,1H3,(H,29,30);4-15H,1-3H3,(H2,27,28,29);2-13H,1H3,(H2,28,29)(H,30,31). The number of pyridine rings is 5. The molecule has 129 heavy (non-hydrogen) atoms. The second kappa shape index (κ2) is 38.7. The van der Waals surface area contributed by atoms with Crippen LogP contribution in [0.5, 0.6) is 11.5 Å². The van der Waals surface area contributed by atoms with Crippen LogP contribution in [0, 0.1) is 27.7 Å². The average Bonchev–Trinajstić information content (AvgIpc) is 0.796. The van der Waals surface area contributed by atoms with Crippen LogP contribution in [0.1, 0.15) is 64.5 Å². The van der Waals surface area contributed by atoms with E-state index in [2.05, 4.69) is 99.7 Å². The molecule has 0 aliphatic carbocycles. The van der Waals surface area contributed by atoms with Crippen molar-refractivity contribution in [2.75, 3.05) is 84.7 Å². The first-order valence-corrected chi connectivity index (χ1v) is 41.2. The lowest BCUT2D eigenvalue weighted by Gasteiger charge is -2.35. The van der Waals surface area contributed by atoms with Crippen LogP contribution in [0.2, 0.25) is 0 Å². The number of benzene rings is 12. The number of hydrogen-bond donors (Lipinski definition) is 6. The lowest BCUT2D eigenvalue weighted by atomic mass is 9.97. The summed E-state index contributed by atoms with van der Waals surface area (Å²) in [6.45, 7) is 10.8. The van der Waals surface area contributed by atoms with Crippen molar-refractivity contribution in [1.29, 1.82) is 0 Å². The fourth-order valence-electron chi connectivity index (χ4n) is 15.3. The van der Waals surface area contributed by atoms with Gasteiger partial charge >= 0.3 is 18.4 Å². The first-order chi connectivity index (χ1) is 62.2. The van der Waals surface area contributed by atoms with E-state index >= 15 is 0 Å². The number of carbonyl (C=O) groups excluding carboxylic acids is 4. The van der Waals surface area contributed by atoms with Gasteiger partial charge < -0.3 is 51.6 Å². The van der Waals surface area contributed by atoms with E-state index in [0.29, 0.717) is 69.9 Å². The van der Waals surface area contributed by atoms with E-state index in [1.54, 1.807) is 99.9 Å². The summed E-state index contributed by atoms with van der Waals surface area (Å²) in [5.74, 6) is 0.122. The van der Waals surface area contributed by atoms with Crippen molar-refractivity contribution in [3.05, 3.63) is 360 Å². The summed E-state index contributed by atoms with van der Waals surface area (Å²) in [6.07, 6.45) is 5.19. The summed E-state index contributed by atoms with van der Waals surface area (Å²) in [5, 5.41) is 23.6. The molecular weight excluding hydrogens is 1640 g/mol. The van der Waals surface area contributed by atoms with Gasteiger partial charge in [0.2, 0.25) is 0 Å². The lowest BCUT2D eigenvalue weighted by Crippen LogP contribution is -2.45. The number of nitrogens with two attached hydrogens (primary N) is 1. The van der Waals surface area contributed by atoms with E-state index < -0.39 is 35.3 Å². The fraction of sp³-hybridized carbons (Fsp3) is 0.125. The molecule has 17 aromatic rings. The summed E-state index contributed by atoms with van der Waals surface area (Å²) in [6, 6.07) is 77.0. The zero-order valence-corrected chi connectivity index (χ0v) is 71.2. The van der Waals surface area contributed by atoms with Gasteiger partial charge in [0.15, 0.2) is 0 Å². The molecule has 0 radical (unpaired) electrons. The Morgan fingerprint density at radius 3 is 1.27 bits per heavy atom. The maximum atomic E-state index is 13.5. The first kappa shape index (κ1) is 88.0. The number of nitrogens with one attached hydrogen (secondary N) is 5. The zero-order chi connectivity index (χ0) is 90.6. The number of para-hydroxylation sites is 2. The maximum Gasteiger partial charge on any atom is 0.416 e. The van der Waals surface area contributed by atoms with Gasteiger partial charge in [-0.15, -0.1) is 0 Å². The highest BCUT2D eigenvalue weighted by molar-refractivity contribution is 6.13. The summed E-state index contributed by atoms with van der Waals surface area (Å²) < 4.78 is 90.0. The van der Waals surface area contributed by atoms with Crippen molar-refractivity contribution in [2.24, 2.45) is 0 Å². The Hall–Kier alpha value is -15.9. The molecule has 0 spiro atoms. The van der Waals surface area contributed by atoms with Crippen LogP contribution < -0.4 is 46.7 Å². The molecule has 19 nitrogen and oxygen atoms in total. The monoisotopic (exact) mass is 1730 g/mol. The van der Waals surface area contributed by atoms with Crippen LogP contribution in [0.4, 0.5) is 71.1 Å². The number of nitrogens with zero attached hydrogens (tertiary/aromatic N) is 7. The summed E-state index contributed by atoms with van der Waals surface area (Å²) in [4.78, 5) is 76.8. The van der Waals surface area contributed by atoms with E-state index in [1.807, 2.05) is 179 Å². The molecule has 0 saturated carbocycles. The van der Waals surface area contributed by atoms with E-state index in [1.165, 1.54) is 18.2 Å². The highest BCUT2D eigenvalue weighted by Gasteiger charge is 2.34. The van der Waals surface area contributed by atoms with Crippen LogP contribution >= 0.6 is 0 Å². The number of carbonyl (C=O) groups is 4. The maximum absolute atomic E-state index is 13.5. The van der Waals surface area contributed by atoms with Crippen LogP contribution in [-0.2, 0) is 12.4 Å². The van der Waals surface area contributed by atoms with Crippen LogP contribution in [-0.4, -0.2) is 101 Å². The molecule has 25 heteroatoms. The highest BCUT2D eigenvalue weighted by Crippen LogP contribution is 2.40. The number of anilines is 7. The molecule has 18 rings (SSSR count). The Kier molecular flexibility index (Phi) is 26.4. The van der Waals surface area contributed by atoms with Gasteiger partial charge in [-0.05, 0) is 281 Å². The number of piperazine rings is 1. The molecule has 7 N–H and O–H groups in total. The van der Waals surface area contributed by atoms with Gasteiger partial charge in [0.25, 0.3) is 17.7 Å². The van der Waals surface area contributed by atoms with Crippen LogP contribution in [0.15, 0.2) is 310 Å². The molecule has 5 aromatic heterocycles. The SMILES string of the molecule is COc1cccc(OC)c1NC(=O)Nc1ccc(C)c(-c2ccc3ccncc3c2)c1.Cc1ccc(NC(=O)c2cc(C(F)(F)F)ccc2N2CCN(C)CC2)cc1-c1ccc2ccncc2c1.Cc1ccc(NC(=O)c2cccc(C(F)(F)F)c2)cc1-c1ccc2cc(N)ncc2c1.Cc1ccc(NC(=O)c2cccc3cccnc23)cc1-c1ccc2ccncc2c1. The Balaban J connectivity index is 0.000000133. The van der Waals surface area contributed by atoms with Gasteiger partial charge in [-0.2, -0.15) is 26.3 Å². The van der Waals surface area contributed by atoms with Crippen molar-refractivity contribution < 1.29 is 55.0 Å². The number of urea groups is 1. The summed E-state index contributed by atoms with van der Waals surface area (Å²) >= 11 is 0. The van der Waals surface area contributed by atoms with Gasteiger partial charge in [0.1, 0.15) is 23.0 Å². The second-order valence-electron chi connectivity index (χ2n) is 31.1. The largest absolute Gasteiger partial charge is 0.494 e. The first-order valence-electron chi connectivity index (χ1n) is 41.2. The van der Waals surface area contributed by atoms with Crippen molar-refractivity contribution >= 4 is 118 Å². The number of aromatic nitrogens is 5. The Morgan fingerprint density at radius 2 is 0.791 bits per heavy atom. The van der Waals surface area contributed by atoms with Gasteiger partial charge in [0.05, 0.1) is 42.0 Å². The van der Waals surface area contributed by atoms with Crippen molar-refractivity contribution in [3.8, 4) is 56.0 Å². The molecule has 1 aliphatic heterocycles. The van der Waals surface area contributed by atoms with Crippen molar-refractivity contribution in [2.45, 2.75) is 40.0 Å². The minimum atomic E-state index is -4.54. The molecule has 1 fully saturated rings. The number of nitrogen functional groups attached to an aromatic ring is 1. The van der Waals surface area contributed by atoms with Gasteiger partial charge in [-0.3, -0.25) is 34.3 Å². The second-order valence-corrected chi connectivity index (χ2v) is 31.1. The average molecular weight is 1730 g/mol. The minimum absolute atomic E-state index is 0.0123. The van der Waals surface area contributed by atoms with E-state index in [0.717, 1.165) is 158 Å². The van der Waals surface area contributed by atoms with Crippen molar-refractivity contribution in [3.63, 3.8) is 0 Å².